The SMILES string of the molecule is CCCCCCCCCCCCCCCCCCCCCCC(=O)O[C@H](COC(=O)CCCCCCCCCCCCCCCCCCC)COP(=O)(O)OC[C@@H](O)COP(=O)(O)OC[C@@H](COC(=O)CCCCCCCCC)OC(=O)CCCCCCCCCC(C)C. The number of carbonyl (C=O) groups excluding carboxylic acids is 4. The number of carbonyl (C=O) groups is 4. The number of aliphatic hydroxyl groups is 1. The molecule has 0 aliphatic rings. The fourth-order valence-corrected chi connectivity index (χ4v) is 13.1. The largest absolute Gasteiger partial charge is 0.472 e. The Morgan fingerprint density at radius 2 is 0.489 bits per heavy atom. The van der Waals surface area contributed by atoms with E-state index >= 15 is 0 Å². The molecule has 0 aromatic rings. The van der Waals surface area contributed by atoms with E-state index in [0.29, 0.717) is 31.6 Å². The Morgan fingerprint density at radius 3 is 0.723 bits per heavy atom. The molecule has 0 aromatic heterocycles. The van der Waals surface area contributed by atoms with E-state index in [1.807, 2.05) is 0 Å². The summed E-state index contributed by atoms with van der Waals surface area (Å²) in [7, 11) is -9.90. The van der Waals surface area contributed by atoms with E-state index in [0.717, 1.165) is 103 Å². The molecule has 0 rings (SSSR count). The van der Waals surface area contributed by atoms with Crippen molar-refractivity contribution in [1.82, 2.24) is 0 Å². The molecule has 0 aromatic carbocycles. The first kappa shape index (κ1) is 92.1. The molecule has 2 unspecified atom stereocenters. The highest BCUT2D eigenvalue weighted by Gasteiger charge is 2.30. The smallest absolute Gasteiger partial charge is 0.462 e. The Hall–Kier alpha value is -1.94. The van der Waals surface area contributed by atoms with Gasteiger partial charge in [0.05, 0.1) is 26.4 Å². The number of hydrogen-bond acceptors (Lipinski definition) is 15. The van der Waals surface area contributed by atoms with Crippen molar-refractivity contribution in [3.05, 3.63) is 0 Å². The minimum Gasteiger partial charge on any atom is -0.462 e. The molecule has 0 heterocycles. The van der Waals surface area contributed by atoms with Gasteiger partial charge in [0.25, 0.3) is 0 Å². The number of phosphoric acid groups is 2. The van der Waals surface area contributed by atoms with Crippen molar-refractivity contribution in [3.8, 4) is 0 Å². The second-order valence-electron chi connectivity index (χ2n) is 27.5. The normalized spacial score (nSPS) is 14.0. The molecule has 0 fully saturated rings. The molecule has 0 amide bonds. The van der Waals surface area contributed by atoms with Crippen LogP contribution in [0.5, 0.6) is 0 Å². The van der Waals surface area contributed by atoms with Crippen LogP contribution in [-0.2, 0) is 65.4 Å². The number of unbranched alkanes of at least 4 members (excludes halogenated alkanes) is 47. The summed E-state index contributed by atoms with van der Waals surface area (Å²) in [5, 5.41) is 10.6. The lowest BCUT2D eigenvalue weighted by atomic mass is 10.0. The quantitative estimate of drug-likeness (QED) is 0.0222. The summed E-state index contributed by atoms with van der Waals surface area (Å²) in [6, 6.07) is 0. The van der Waals surface area contributed by atoms with Crippen LogP contribution in [0, 0.1) is 5.92 Å². The molecule has 5 atom stereocenters. The average molecular weight is 1380 g/mol. The summed E-state index contributed by atoms with van der Waals surface area (Å²) in [6.45, 7) is 7.17. The first-order chi connectivity index (χ1) is 45.5. The molecule has 0 bridgehead atoms. The Kier molecular flexibility index (Phi) is 66.8. The molecule has 0 saturated heterocycles. The molecule has 0 saturated carbocycles. The highest BCUT2D eigenvalue weighted by atomic mass is 31.2. The number of rotatable bonds is 75. The van der Waals surface area contributed by atoms with Crippen molar-refractivity contribution in [3.63, 3.8) is 0 Å². The third-order valence-electron chi connectivity index (χ3n) is 17.5. The summed E-state index contributed by atoms with van der Waals surface area (Å²) in [4.78, 5) is 72.6. The number of hydrogen-bond donors (Lipinski definition) is 3. The molecule has 0 aliphatic heterocycles. The Morgan fingerprint density at radius 1 is 0.287 bits per heavy atom. The van der Waals surface area contributed by atoms with Gasteiger partial charge in [-0.2, -0.15) is 0 Å². The van der Waals surface area contributed by atoms with E-state index in [-0.39, 0.29) is 25.7 Å². The van der Waals surface area contributed by atoms with Crippen LogP contribution < -0.4 is 0 Å². The first-order valence-corrected chi connectivity index (χ1v) is 42.1. The van der Waals surface area contributed by atoms with Crippen LogP contribution in [0.4, 0.5) is 0 Å². The first-order valence-electron chi connectivity index (χ1n) is 39.1. The van der Waals surface area contributed by atoms with Gasteiger partial charge in [-0.05, 0) is 31.6 Å². The maximum Gasteiger partial charge on any atom is 0.472 e. The zero-order valence-electron chi connectivity index (χ0n) is 61.1. The lowest BCUT2D eigenvalue weighted by Crippen LogP contribution is -2.30. The van der Waals surface area contributed by atoms with E-state index in [1.54, 1.807) is 0 Å². The van der Waals surface area contributed by atoms with Gasteiger partial charge < -0.3 is 33.8 Å². The fraction of sp³-hybridized carbons (Fsp3) is 0.947. The molecular weight excluding hydrogens is 1230 g/mol. The number of aliphatic hydroxyl groups excluding tert-OH is 1. The lowest BCUT2D eigenvalue weighted by Gasteiger charge is -2.21. The second kappa shape index (κ2) is 68.2. The van der Waals surface area contributed by atoms with Gasteiger partial charge >= 0.3 is 39.5 Å². The molecule has 19 heteroatoms. The molecule has 17 nitrogen and oxygen atoms in total. The Balaban J connectivity index is 5.16. The number of phosphoric ester groups is 2. The van der Waals surface area contributed by atoms with E-state index < -0.39 is 97.5 Å². The van der Waals surface area contributed by atoms with Crippen LogP contribution in [0.25, 0.3) is 0 Å². The standard InChI is InChI=1S/C75H146O17P2/c1-6-9-12-15-18-20-22-24-26-28-29-30-32-34-36-38-40-45-50-55-60-74(79)91-71(65-86-73(78)59-54-49-44-39-37-35-33-31-27-25-23-21-19-16-13-10-7-2)67-90-94(83,84)88-63-69(76)62-87-93(81,82)89-66-70(64-85-72(77)58-53-48-42-17-14-11-8-3)92-75(80)61-56-51-46-41-43-47-52-57-68(4)5/h68-71,76H,6-67H2,1-5H3,(H,81,82)(H,83,84)/t69-,70+,71+/m0/s1. The monoisotopic (exact) mass is 1380 g/mol. The zero-order valence-corrected chi connectivity index (χ0v) is 62.9. The van der Waals surface area contributed by atoms with Gasteiger partial charge in [0.1, 0.15) is 19.3 Å². The molecule has 0 spiro atoms. The van der Waals surface area contributed by atoms with Gasteiger partial charge in [-0.3, -0.25) is 37.3 Å². The van der Waals surface area contributed by atoms with Gasteiger partial charge in [-0.1, -0.05) is 343 Å². The summed E-state index contributed by atoms with van der Waals surface area (Å²) in [6.07, 6.45) is 57.3. The van der Waals surface area contributed by atoms with Crippen LogP contribution in [-0.4, -0.2) is 96.7 Å². The third kappa shape index (κ3) is 68.6. The molecule has 94 heavy (non-hydrogen) atoms. The number of ether oxygens (including phenoxy) is 4. The molecule has 3 N–H and O–H groups in total. The molecule has 558 valence electrons. The zero-order chi connectivity index (χ0) is 69.1. The van der Waals surface area contributed by atoms with Gasteiger partial charge in [0.2, 0.25) is 0 Å². The second-order valence-corrected chi connectivity index (χ2v) is 30.4. The van der Waals surface area contributed by atoms with Crippen LogP contribution in [0.15, 0.2) is 0 Å². The van der Waals surface area contributed by atoms with Crippen LogP contribution >= 0.6 is 15.6 Å². The summed E-state index contributed by atoms with van der Waals surface area (Å²) < 4.78 is 68.3. The average Bonchev–Trinajstić information content (AvgIpc) is 1.35. The van der Waals surface area contributed by atoms with E-state index in [9.17, 15) is 43.2 Å². The van der Waals surface area contributed by atoms with Crippen molar-refractivity contribution < 1.29 is 80.2 Å². The summed E-state index contributed by atoms with van der Waals surface area (Å²) in [5.41, 5.74) is 0. The van der Waals surface area contributed by atoms with Crippen molar-refractivity contribution in [2.75, 3.05) is 39.6 Å². The van der Waals surface area contributed by atoms with Gasteiger partial charge in [0, 0.05) is 25.7 Å². The van der Waals surface area contributed by atoms with Crippen LogP contribution in [0.1, 0.15) is 394 Å². The van der Waals surface area contributed by atoms with Crippen molar-refractivity contribution in [2.24, 2.45) is 5.92 Å². The highest BCUT2D eigenvalue weighted by Crippen LogP contribution is 2.45. The van der Waals surface area contributed by atoms with Crippen LogP contribution in [0.2, 0.25) is 0 Å². The Labute approximate surface area is 575 Å². The molecule has 0 radical (unpaired) electrons. The van der Waals surface area contributed by atoms with E-state index in [1.165, 1.54) is 205 Å². The third-order valence-corrected chi connectivity index (χ3v) is 19.4. The van der Waals surface area contributed by atoms with Crippen molar-refractivity contribution in [2.45, 2.75) is 412 Å². The maximum absolute atomic E-state index is 13.1. The minimum absolute atomic E-state index is 0.103. The molecule has 0 aliphatic carbocycles. The topological polar surface area (TPSA) is 237 Å². The van der Waals surface area contributed by atoms with Crippen LogP contribution in [0.3, 0.4) is 0 Å². The van der Waals surface area contributed by atoms with Crippen molar-refractivity contribution >= 4 is 39.5 Å². The lowest BCUT2D eigenvalue weighted by molar-refractivity contribution is -0.161. The maximum atomic E-state index is 13.1. The fourth-order valence-electron chi connectivity index (χ4n) is 11.5. The van der Waals surface area contributed by atoms with Gasteiger partial charge in [0.15, 0.2) is 12.2 Å². The summed E-state index contributed by atoms with van der Waals surface area (Å²) >= 11 is 0. The minimum atomic E-state index is -4.95. The highest BCUT2D eigenvalue weighted by molar-refractivity contribution is 7.47. The molecular formula is C75H146O17P2. The predicted molar refractivity (Wildman–Crippen MR) is 382 cm³/mol. The van der Waals surface area contributed by atoms with Gasteiger partial charge in [-0.25, -0.2) is 9.13 Å². The Bertz CT molecular complexity index is 1810. The van der Waals surface area contributed by atoms with E-state index in [2.05, 4.69) is 34.6 Å². The summed E-state index contributed by atoms with van der Waals surface area (Å²) in [5.74, 6) is -1.43. The number of esters is 4. The van der Waals surface area contributed by atoms with Crippen molar-refractivity contribution in [1.29, 1.82) is 0 Å². The van der Waals surface area contributed by atoms with E-state index in [4.69, 9.17) is 37.0 Å². The van der Waals surface area contributed by atoms with Gasteiger partial charge in [-0.15, -0.1) is 0 Å². The predicted octanol–water partition coefficient (Wildman–Crippen LogP) is 22.1.